The number of hydrogen-bond donors (Lipinski definition) is 2. The molecule has 1 aromatic carbocycles. The Morgan fingerprint density at radius 3 is 2.68 bits per heavy atom. The third-order valence-electron chi connectivity index (χ3n) is 3.41. The minimum absolute atomic E-state index is 0.516. The van der Waals surface area contributed by atoms with E-state index >= 15 is 0 Å². The Kier molecular flexibility index (Phi) is 11.3. The van der Waals surface area contributed by atoms with Crippen LogP contribution in [0.25, 0.3) is 0 Å². The molecule has 0 aliphatic rings. The third kappa shape index (κ3) is 8.10. The van der Waals surface area contributed by atoms with Gasteiger partial charge in [0, 0.05) is 13.1 Å². The van der Waals surface area contributed by atoms with E-state index in [2.05, 4.69) is 28.8 Å². The van der Waals surface area contributed by atoms with Gasteiger partial charge in [-0.3, -0.25) is 0 Å². The number of rotatable bonds is 11. The first-order valence-corrected chi connectivity index (χ1v) is 10.4. The van der Waals surface area contributed by atoms with Gasteiger partial charge in [0.05, 0.1) is 25.3 Å². The number of unbranched alkanes of at least 4 members (excludes halogenated alkanes) is 1. The number of nitrogens with zero attached hydrogens (tertiary/aromatic N) is 1. The van der Waals surface area contributed by atoms with Gasteiger partial charge in [0.25, 0.3) is 0 Å². The molecule has 0 saturated heterocycles. The molecule has 2 N–H and O–H groups in total. The Morgan fingerprint density at radius 2 is 2.04 bits per heavy atom. The first kappa shape index (κ1) is 21.8. The smallest absolute Gasteiger partial charge is 0.191 e. The van der Waals surface area contributed by atoms with Crippen LogP contribution >= 0.6 is 23.4 Å². The Balaban J connectivity index is 2.72. The molecule has 25 heavy (non-hydrogen) atoms. The summed E-state index contributed by atoms with van der Waals surface area (Å²) in [6, 6.07) is 3.79. The lowest BCUT2D eigenvalue weighted by Gasteiger charge is -2.14. The van der Waals surface area contributed by atoms with Crippen LogP contribution in [0.5, 0.6) is 11.5 Å². The largest absolute Gasteiger partial charge is 0.493 e. The molecule has 0 bridgehead atoms. The van der Waals surface area contributed by atoms with Gasteiger partial charge in [0.1, 0.15) is 0 Å². The van der Waals surface area contributed by atoms with Gasteiger partial charge in [-0.1, -0.05) is 11.6 Å². The van der Waals surface area contributed by atoms with E-state index in [-0.39, 0.29) is 0 Å². The van der Waals surface area contributed by atoms with E-state index < -0.39 is 0 Å². The maximum atomic E-state index is 6.31. The van der Waals surface area contributed by atoms with Crippen LogP contribution in [-0.2, 0) is 6.54 Å². The molecule has 0 atom stereocenters. The van der Waals surface area contributed by atoms with E-state index in [0.29, 0.717) is 29.7 Å². The number of thioether (sulfide) groups is 1. The summed E-state index contributed by atoms with van der Waals surface area (Å²) in [7, 11) is 1.61. The second-order valence-electron chi connectivity index (χ2n) is 5.36. The lowest BCUT2D eigenvalue weighted by Crippen LogP contribution is -2.37. The zero-order valence-electron chi connectivity index (χ0n) is 15.7. The third-order valence-corrected chi connectivity index (χ3v) is 4.39. The fourth-order valence-electron chi connectivity index (χ4n) is 2.24. The summed E-state index contributed by atoms with van der Waals surface area (Å²) in [6.07, 6.45) is 4.47. The average Bonchev–Trinajstić information content (AvgIpc) is 2.61. The molecule has 0 aliphatic heterocycles. The summed E-state index contributed by atoms with van der Waals surface area (Å²) in [5.74, 6) is 3.23. The van der Waals surface area contributed by atoms with Crippen molar-refractivity contribution in [1.29, 1.82) is 0 Å². The summed E-state index contributed by atoms with van der Waals surface area (Å²) in [4.78, 5) is 4.63. The number of nitrogens with one attached hydrogen (secondary N) is 2. The fraction of sp³-hybridized carbons (Fsp3) is 0.611. The zero-order valence-corrected chi connectivity index (χ0v) is 17.2. The Bertz CT molecular complexity index is 541. The van der Waals surface area contributed by atoms with Crippen LogP contribution in [0.1, 0.15) is 32.3 Å². The van der Waals surface area contributed by atoms with E-state index in [1.165, 1.54) is 12.2 Å². The van der Waals surface area contributed by atoms with Crippen LogP contribution in [0, 0.1) is 0 Å². The van der Waals surface area contributed by atoms with Crippen LogP contribution in [0.2, 0.25) is 5.02 Å². The van der Waals surface area contributed by atoms with Crippen molar-refractivity contribution in [3.05, 3.63) is 22.7 Å². The maximum Gasteiger partial charge on any atom is 0.191 e. The molecule has 1 rings (SSSR count). The predicted molar refractivity (Wildman–Crippen MR) is 110 cm³/mol. The van der Waals surface area contributed by atoms with Gasteiger partial charge in [-0.2, -0.15) is 11.8 Å². The second kappa shape index (κ2) is 13.0. The quantitative estimate of drug-likeness (QED) is 0.342. The average molecular weight is 388 g/mol. The maximum absolute atomic E-state index is 6.31. The van der Waals surface area contributed by atoms with Gasteiger partial charge < -0.3 is 20.1 Å². The number of benzene rings is 1. The van der Waals surface area contributed by atoms with E-state index in [1.54, 1.807) is 7.11 Å². The molecule has 0 heterocycles. The van der Waals surface area contributed by atoms with Gasteiger partial charge in [0.2, 0.25) is 0 Å². The van der Waals surface area contributed by atoms with E-state index in [0.717, 1.165) is 31.0 Å². The van der Waals surface area contributed by atoms with Crippen molar-refractivity contribution in [2.24, 2.45) is 4.99 Å². The fourth-order valence-corrected chi connectivity index (χ4v) is 3.02. The number of halogens is 1. The summed E-state index contributed by atoms with van der Waals surface area (Å²) in [5, 5.41) is 7.17. The number of hydrogen-bond acceptors (Lipinski definition) is 4. The Labute approximate surface area is 160 Å². The molecule has 0 aromatic heterocycles. The monoisotopic (exact) mass is 387 g/mol. The minimum Gasteiger partial charge on any atom is -0.493 e. The first-order chi connectivity index (χ1) is 12.2. The van der Waals surface area contributed by atoms with Crippen molar-refractivity contribution < 1.29 is 9.47 Å². The lowest BCUT2D eigenvalue weighted by atomic mass is 10.2. The molecular formula is C18H30ClN3O2S. The number of aliphatic imine (C=N–C) groups is 1. The lowest BCUT2D eigenvalue weighted by molar-refractivity contribution is 0.311. The van der Waals surface area contributed by atoms with Gasteiger partial charge >= 0.3 is 0 Å². The van der Waals surface area contributed by atoms with Crippen LogP contribution in [0.15, 0.2) is 17.1 Å². The molecule has 0 aliphatic carbocycles. The van der Waals surface area contributed by atoms with Gasteiger partial charge in [-0.05, 0) is 56.4 Å². The molecule has 0 saturated carbocycles. The molecule has 5 nitrogen and oxygen atoms in total. The van der Waals surface area contributed by atoms with Crippen molar-refractivity contribution in [2.45, 2.75) is 33.2 Å². The highest BCUT2D eigenvalue weighted by Gasteiger charge is 2.11. The van der Waals surface area contributed by atoms with Crippen molar-refractivity contribution >= 4 is 29.3 Å². The number of methoxy groups -OCH3 is 1. The summed E-state index contributed by atoms with van der Waals surface area (Å²) < 4.78 is 10.9. The second-order valence-corrected chi connectivity index (χ2v) is 6.76. The van der Waals surface area contributed by atoms with E-state index in [9.17, 15) is 0 Å². The highest BCUT2D eigenvalue weighted by Crippen LogP contribution is 2.36. The van der Waals surface area contributed by atoms with Crippen molar-refractivity contribution in [2.75, 3.05) is 38.8 Å². The Hall–Kier alpha value is -1.27. The Morgan fingerprint density at radius 1 is 1.24 bits per heavy atom. The van der Waals surface area contributed by atoms with E-state index in [1.807, 2.05) is 30.8 Å². The highest BCUT2D eigenvalue weighted by atomic mass is 35.5. The summed E-state index contributed by atoms with van der Waals surface area (Å²) in [5.41, 5.74) is 0.977. The zero-order chi connectivity index (χ0) is 18.5. The molecule has 142 valence electrons. The SMILES string of the molecule is CCNC(=NCc1cc(Cl)c(OCC)c(OC)c1)NCCCCSC. The number of guanidine groups is 1. The van der Waals surface area contributed by atoms with Crippen molar-refractivity contribution in [3.63, 3.8) is 0 Å². The van der Waals surface area contributed by atoms with Crippen molar-refractivity contribution in [3.8, 4) is 11.5 Å². The molecule has 7 heteroatoms. The highest BCUT2D eigenvalue weighted by molar-refractivity contribution is 7.98. The first-order valence-electron chi connectivity index (χ1n) is 8.66. The number of ether oxygens (including phenoxy) is 2. The molecule has 0 amide bonds. The predicted octanol–water partition coefficient (Wildman–Crippen LogP) is 3.95. The van der Waals surface area contributed by atoms with Crippen LogP contribution in [0.3, 0.4) is 0 Å². The van der Waals surface area contributed by atoms with Crippen molar-refractivity contribution in [1.82, 2.24) is 10.6 Å². The molecule has 1 aromatic rings. The molecular weight excluding hydrogens is 358 g/mol. The molecule has 0 unspecified atom stereocenters. The summed E-state index contributed by atoms with van der Waals surface area (Å²) in [6.45, 7) is 6.77. The normalized spacial score (nSPS) is 11.3. The van der Waals surface area contributed by atoms with Crippen LogP contribution in [0.4, 0.5) is 0 Å². The molecule has 0 fully saturated rings. The molecule has 0 spiro atoms. The van der Waals surface area contributed by atoms with Gasteiger partial charge in [0.15, 0.2) is 17.5 Å². The topological polar surface area (TPSA) is 54.9 Å². The standard InChI is InChI=1S/C18H30ClN3O2S/c1-5-20-18(21-9-7-8-10-25-4)22-13-14-11-15(19)17(24-6-2)16(12-14)23-3/h11-12H,5-10,13H2,1-4H3,(H2,20,21,22). The van der Waals surface area contributed by atoms with Gasteiger partial charge in [-0.25, -0.2) is 4.99 Å². The van der Waals surface area contributed by atoms with Crippen LogP contribution in [-0.4, -0.2) is 44.8 Å². The van der Waals surface area contributed by atoms with E-state index in [4.69, 9.17) is 21.1 Å². The minimum atomic E-state index is 0.516. The molecule has 0 radical (unpaired) electrons. The van der Waals surface area contributed by atoms with Crippen LogP contribution < -0.4 is 20.1 Å². The van der Waals surface area contributed by atoms with Gasteiger partial charge in [-0.15, -0.1) is 0 Å². The summed E-state index contributed by atoms with van der Waals surface area (Å²) >= 11 is 8.19.